The van der Waals surface area contributed by atoms with E-state index in [1.807, 2.05) is 6.92 Å². The number of aryl methyl sites for hydroxylation is 1. The molecule has 1 aromatic carbocycles. The van der Waals surface area contributed by atoms with Crippen LogP contribution in [0.15, 0.2) is 30.6 Å². The summed E-state index contributed by atoms with van der Waals surface area (Å²) in [6.07, 6.45) is 3.16. The number of aromatic nitrogens is 1. The second-order valence-corrected chi connectivity index (χ2v) is 4.71. The van der Waals surface area contributed by atoms with E-state index in [2.05, 4.69) is 10.3 Å². The molecule has 0 saturated heterocycles. The summed E-state index contributed by atoms with van der Waals surface area (Å²) in [5.74, 6) is -1.12. The van der Waals surface area contributed by atoms with Crippen molar-refractivity contribution >= 4 is 0 Å². The van der Waals surface area contributed by atoms with Gasteiger partial charge in [0.25, 0.3) is 0 Å². The molecule has 0 radical (unpaired) electrons. The number of methoxy groups -OCH3 is 1. The first-order chi connectivity index (χ1) is 10.1. The molecule has 0 saturated carbocycles. The van der Waals surface area contributed by atoms with Crippen LogP contribution in [0.25, 0.3) is 0 Å². The van der Waals surface area contributed by atoms with Gasteiger partial charge in [-0.2, -0.15) is 0 Å². The first-order valence-corrected chi connectivity index (χ1v) is 6.75. The maximum Gasteiger partial charge on any atom is 0.164 e. The predicted molar refractivity (Wildman–Crippen MR) is 77.4 cm³/mol. The minimum Gasteiger partial charge on any atom is -0.495 e. The van der Waals surface area contributed by atoms with Crippen LogP contribution < -0.4 is 10.1 Å². The van der Waals surface area contributed by atoms with E-state index in [1.54, 1.807) is 30.6 Å². The Bertz CT molecular complexity index is 632. The van der Waals surface area contributed by atoms with E-state index in [1.165, 1.54) is 14.0 Å². The molecule has 0 amide bonds. The fourth-order valence-electron chi connectivity index (χ4n) is 2.28. The normalized spacial score (nSPS) is 12.2. The van der Waals surface area contributed by atoms with Gasteiger partial charge in [-0.15, -0.1) is 0 Å². The Hall–Kier alpha value is -2.01. The second-order valence-electron chi connectivity index (χ2n) is 4.71. The lowest BCUT2D eigenvalue weighted by molar-refractivity contribution is 0.400. The van der Waals surface area contributed by atoms with Crippen LogP contribution >= 0.6 is 0 Å². The molecular formula is C16H18F2N2O. The van der Waals surface area contributed by atoms with Gasteiger partial charge < -0.3 is 10.1 Å². The first kappa shape index (κ1) is 15.4. The number of nitrogens with zero attached hydrogens (tertiary/aromatic N) is 1. The largest absolute Gasteiger partial charge is 0.495 e. The fraction of sp³-hybridized carbons (Fsp3) is 0.312. The molecule has 3 nitrogen and oxygen atoms in total. The van der Waals surface area contributed by atoms with Gasteiger partial charge >= 0.3 is 0 Å². The Balaban J connectivity index is 2.56. The van der Waals surface area contributed by atoms with Crippen molar-refractivity contribution in [3.63, 3.8) is 0 Å². The van der Waals surface area contributed by atoms with Gasteiger partial charge in [-0.25, -0.2) is 8.78 Å². The van der Waals surface area contributed by atoms with Gasteiger partial charge in [-0.1, -0.05) is 19.1 Å². The summed E-state index contributed by atoms with van der Waals surface area (Å²) in [4.78, 5) is 3.99. The molecule has 1 aromatic heterocycles. The highest BCUT2D eigenvalue weighted by Crippen LogP contribution is 2.31. The number of ether oxygens (including phenoxy) is 1. The van der Waals surface area contributed by atoms with Gasteiger partial charge in [0.2, 0.25) is 0 Å². The van der Waals surface area contributed by atoms with Crippen LogP contribution in [0, 0.1) is 18.6 Å². The molecule has 0 aliphatic rings. The molecule has 0 bridgehead atoms. The highest BCUT2D eigenvalue weighted by molar-refractivity contribution is 5.41. The van der Waals surface area contributed by atoms with Gasteiger partial charge in [0, 0.05) is 17.3 Å². The SMILES string of the molecule is CCNC(c1ccncc1OC)c1ccc(C)c(F)c1F. The lowest BCUT2D eigenvalue weighted by atomic mass is 9.97. The van der Waals surface area contributed by atoms with Gasteiger partial charge in [-0.3, -0.25) is 4.98 Å². The zero-order valence-electron chi connectivity index (χ0n) is 12.3. The van der Waals surface area contributed by atoms with Crippen molar-refractivity contribution in [2.75, 3.05) is 13.7 Å². The number of benzene rings is 1. The van der Waals surface area contributed by atoms with Crippen LogP contribution in [-0.4, -0.2) is 18.6 Å². The van der Waals surface area contributed by atoms with Gasteiger partial charge in [-0.05, 0) is 25.1 Å². The minimum absolute atomic E-state index is 0.254. The molecule has 1 unspecified atom stereocenters. The summed E-state index contributed by atoms with van der Waals surface area (Å²) in [5, 5.41) is 3.16. The van der Waals surface area contributed by atoms with Crippen molar-refractivity contribution in [2.24, 2.45) is 0 Å². The fourth-order valence-corrected chi connectivity index (χ4v) is 2.28. The van der Waals surface area contributed by atoms with E-state index in [-0.39, 0.29) is 11.1 Å². The predicted octanol–water partition coefficient (Wildman–Crippen LogP) is 3.38. The van der Waals surface area contributed by atoms with Crippen molar-refractivity contribution in [1.82, 2.24) is 10.3 Å². The number of hydrogen-bond donors (Lipinski definition) is 1. The third-order valence-corrected chi connectivity index (χ3v) is 3.37. The molecule has 0 fully saturated rings. The molecule has 2 aromatic rings. The number of rotatable bonds is 5. The van der Waals surface area contributed by atoms with Crippen molar-refractivity contribution < 1.29 is 13.5 Å². The van der Waals surface area contributed by atoms with Crippen LogP contribution in [0.5, 0.6) is 5.75 Å². The maximum absolute atomic E-state index is 14.3. The number of hydrogen-bond acceptors (Lipinski definition) is 3. The van der Waals surface area contributed by atoms with Crippen LogP contribution in [0.1, 0.15) is 29.7 Å². The zero-order valence-corrected chi connectivity index (χ0v) is 12.3. The van der Waals surface area contributed by atoms with Crippen molar-refractivity contribution in [3.05, 3.63) is 58.9 Å². The Kier molecular flexibility index (Phi) is 4.85. The summed E-state index contributed by atoms with van der Waals surface area (Å²) in [7, 11) is 1.52. The Morgan fingerprint density at radius 1 is 1.19 bits per heavy atom. The number of halogens is 2. The number of nitrogens with one attached hydrogen (secondary N) is 1. The smallest absolute Gasteiger partial charge is 0.164 e. The van der Waals surface area contributed by atoms with Gasteiger partial charge in [0.15, 0.2) is 11.6 Å². The molecule has 1 N–H and O–H groups in total. The van der Waals surface area contributed by atoms with Crippen LogP contribution in [0.4, 0.5) is 8.78 Å². The Morgan fingerprint density at radius 2 is 1.95 bits per heavy atom. The van der Waals surface area contributed by atoms with Crippen LogP contribution in [0.2, 0.25) is 0 Å². The van der Waals surface area contributed by atoms with E-state index in [4.69, 9.17) is 4.74 Å². The quantitative estimate of drug-likeness (QED) is 0.917. The highest BCUT2D eigenvalue weighted by atomic mass is 19.2. The molecule has 0 aliphatic heterocycles. The van der Waals surface area contributed by atoms with Gasteiger partial charge in [0.1, 0.15) is 5.75 Å². The van der Waals surface area contributed by atoms with Crippen LogP contribution in [-0.2, 0) is 0 Å². The summed E-state index contributed by atoms with van der Waals surface area (Å²) in [6.45, 7) is 4.05. The minimum atomic E-state index is -0.834. The molecule has 0 spiro atoms. The van der Waals surface area contributed by atoms with E-state index in [0.717, 1.165) is 5.56 Å². The molecule has 0 aliphatic carbocycles. The zero-order chi connectivity index (χ0) is 15.4. The molecule has 2 rings (SSSR count). The first-order valence-electron chi connectivity index (χ1n) is 6.75. The number of pyridine rings is 1. The third-order valence-electron chi connectivity index (χ3n) is 3.37. The van der Waals surface area contributed by atoms with Crippen molar-refractivity contribution in [1.29, 1.82) is 0 Å². The molecule has 1 atom stereocenters. The van der Waals surface area contributed by atoms with Crippen LogP contribution in [0.3, 0.4) is 0 Å². The average Bonchev–Trinajstić information content (AvgIpc) is 2.51. The lowest BCUT2D eigenvalue weighted by Gasteiger charge is -2.22. The third kappa shape index (κ3) is 3.03. The summed E-state index contributed by atoms with van der Waals surface area (Å²) < 4.78 is 33.4. The van der Waals surface area contributed by atoms with E-state index < -0.39 is 17.7 Å². The van der Waals surface area contributed by atoms with E-state index in [9.17, 15) is 8.78 Å². The molecular weight excluding hydrogens is 274 g/mol. The summed E-state index contributed by atoms with van der Waals surface area (Å²) in [6, 6.07) is 4.42. The molecule has 112 valence electrons. The Labute approximate surface area is 123 Å². The Morgan fingerprint density at radius 3 is 2.62 bits per heavy atom. The van der Waals surface area contributed by atoms with E-state index in [0.29, 0.717) is 12.3 Å². The van der Waals surface area contributed by atoms with Crippen molar-refractivity contribution in [2.45, 2.75) is 19.9 Å². The summed E-state index contributed by atoms with van der Waals surface area (Å²) >= 11 is 0. The second kappa shape index (κ2) is 6.63. The molecule has 5 heteroatoms. The highest BCUT2D eigenvalue weighted by Gasteiger charge is 2.23. The monoisotopic (exact) mass is 292 g/mol. The van der Waals surface area contributed by atoms with E-state index >= 15 is 0 Å². The molecule has 21 heavy (non-hydrogen) atoms. The maximum atomic E-state index is 14.3. The lowest BCUT2D eigenvalue weighted by Crippen LogP contribution is -2.24. The van der Waals surface area contributed by atoms with Gasteiger partial charge in [0.05, 0.1) is 19.3 Å². The topological polar surface area (TPSA) is 34.2 Å². The average molecular weight is 292 g/mol. The standard InChI is InChI=1S/C16H18F2N2O/c1-4-20-16(11-7-8-19-9-13(11)21-3)12-6-5-10(2)14(17)15(12)18/h5-9,16,20H,4H2,1-3H3. The molecule has 1 heterocycles. The van der Waals surface area contributed by atoms with Crippen molar-refractivity contribution in [3.8, 4) is 5.75 Å². The summed E-state index contributed by atoms with van der Waals surface area (Å²) in [5.41, 5.74) is 1.26.